The number of hydrogen-bond acceptors (Lipinski definition) is 3. The van der Waals surface area contributed by atoms with Crippen LogP contribution in [0.15, 0.2) is 16.5 Å². The molecule has 1 aliphatic heterocycles. The summed E-state index contributed by atoms with van der Waals surface area (Å²) in [5.41, 5.74) is 0. The first kappa shape index (κ1) is 8.10. The zero-order valence-electron chi connectivity index (χ0n) is 6.64. The van der Waals surface area contributed by atoms with Crippen molar-refractivity contribution in [3.8, 4) is 0 Å². The third-order valence-corrected chi connectivity index (χ3v) is 2.18. The fraction of sp³-hybridized carbons (Fsp3) is 0.500. The molecule has 1 atom stereocenters. The van der Waals surface area contributed by atoms with E-state index < -0.39 is 0 Å². The largest absolute Gasteiger partial charge is 0.448 e. The fourth-order valence-electron chi connectivity index (χ4n) is 1.37. The summed E-state index contributed by atoms with van der Waals surface area (Å²) in [6.45, 7) is 2.90. The second-order valence-electron chi connectivity index (χ2n) is 2.85. The maximum atomic E-state index is 5.66. The Bertz CT molecular complexity index is 255. The highest BCUT2D eigenvalue weighted by atomic mass is 35.5. The number of piperazine rings is 1. The molecule has 3 nitrogen and oxygen atoms in total. The highest BCUT2D eigenvalue weighted by molar-refractivity contribution is 6.28. The average Bonchev–Trinajstić information content (AvgIpc) is 2.54. The van der Waals surface area contributed by atoms with Gasteiger partial charge in [-0.1, -0.05) is 0 Å². The molecule has 2 heterocycles. The first-order valence-corrected chi connectivity index (χ1v) is 4.43. The molecule has 1 aromatic rings. The van der Waals surface area contributed by atoms with Gasteiger partial charge in [-0.3, -0.25) is 0 Å². The maximum absolute atomic E-state index is 5.66. The Labute approximate surface area is 76.1 Å². The van der Waals surface area contributed by atoms with E-state index in [-0.39, 0.29) is 6.04 Å². The van der Waals surface area contributed by atoms with Gasteiger partial charge >= 0.3 is 0 Å². The van der Waals surface area contributed by atoms with Crippen molar-refractivity contribution in [3.05, 3.63) is 23.1 Å². The van der Waals surface area contributed by atoms with Gasteiger partial charge in [0.25, 0.3) is 0 Å². The van der Waals surface area contributed by atoms with E-state index in [1.54, 1.807) is 6.07 Å². The number of rotatable bonds is 1. The molecule has 2 rings (SSSR count). The lowest BCUT2D eigenvalue weighted by Gasteiger charge is -2.22. The Morgan fingerprint density at radius 3 is 2.92 bits per heavy atom. The summed E-state index contributed by atoms with van der Waals surface area (Å²) in [4.78, 5) is 0. The smallest absolute Gasteiger partial charge is 0.193 e. The van der Waals surface area contributed by atoms with Crippen molar-refractivity contribution in [1.82, 2.24) is 10.6 Å². The summed E-state index contributed by atoms with van der Waals surface area (Å²) < 4.78 is 5.29. The van der Waals surface area contributed by atoms with Crippen molar-refractivity contribution in [1.29, 1.82) is 0 Å². The van der Waals surface area contributed by atoms with Crippen LogP contribution in [0.1, 0.15) is 11.8 Å². The standard InChI is InChI=1S/C8H11ClN2O/c9-8-2-1-7(12-8)6-5-10-3-4-11-6/h1-2,6,10-11H,3-5H2/t6-/m0/s1. The van der Waals surface area contributed by atoms with Gasteiger partial charge in [0.1, 0.15) is 5.76 Å². The first-order chi connectivity index (χ1) is 5.86. The van der Waals surface area contributed by atoms with Gasteiger partial charge in [-0.05, 0) is 23.7 Å². The van der Waals surface area contributed by atoms with E-state index in [4.69, 9.17) is 16.0 Å². The van der Waals surface area contributed by atoms with Crippen LogP contribution in [0.3, 0.4) is 0 Å². The van der Waals surface area contributed by atoms with Crippen LogP contribution in [0.25, 0.3) is 0 Å². The lowest BCUT2D eigenvalue weighted by atomic mass is 10.2. The van der Waals surface area contributed by atoms with Crippen molar-refractivity contribution in [2.45, 2.75) is 6.04 Å². The van der Waals surface area contributed by atoms with E-state index in [9.17, 15) is 0 Å². The molecule has 0 radical (unpaired) electrons. The van der Waals surface area contributed by atoms with E-state index >= 15 is 0 Å². The lowest BCUT2D eigenvalue weighted by Crippen LogP contribution is -2.42. The average molecular weight is 187 g/mol. The molecule has 66 valence electrons. The SMILES string of the molecule is Clc1ccc([C@@H]2CNCCN2)o1. The number of hydrogen-bond donors (Lipinski definition) is 2. The van der Waals surface area contributed by atoms with Crippen LogP contribution < -0.4 is 10.6 Å². The molecular formula is C8H11ClN2O. The van der Waals surface area contributed by atoms with Crippen molar-refractivity contribution in [3.63, 3.8) is 0 Å². The summed E-state index contributed by atoms with van der Waals surface area (Å²) in [7, 11) is 0. The molecule has 1 aromatic heterocycles. The second-order valence-corrected chi connectivity index (χ2v) is 3.23. The molecule has 0 amide bonds. The number of halogens is 1. The van der Waals surface area contributed by atoms with Crippen LogP contribution in [-0.2, 0) is 0 Å². The maximum Gasteiger partial charge on any atom is 0.193 e. The Morgan fingerprint density at radius 1 is 1.42 bits per heavy atom. The van der Waals surface area contributed by atoms with Gasteiger partial charge in [0, 0.05) is 19.6 Å². The fourth-order valence-corrected chi connectivity index (χ4v) is 1.52. The van der Waals surface area contributed by atoms with Crippen LogP contribution in [0.4, 0.5) is 0 Å². The number of nitrogens with one attached hydrogen (secondary N) is 2. The van der Waals surface area contributed by atoms with Gasteiger partial charge in [0.2, 0.25) is 0 Å². The van der Waals surface area contributed by atoms with E-state index in [2.05, 4.69) is 10.6 Å². The number of furan rings is 1. The van der Waals surface area contributed by atoms with Crippen molar-refractivity contribution < 1.29 is 4.42 Å². The normalized spacial score (nSPS) is 24.2. The first-order valence-electron chi connectivity index (χ1n) is 4.05. The quantitative estimate of drug-likeness (QED) is 0.692. The topological polar surface area (TPSA) is 37.2 Å². The highest BCUT2D eigenvalue weighted by Gasteiger charge is 2.16. The Hall–Kier alpha value is -0.510. The van der Waals surface area contributed by atoms with Crippen LogP contribution in [0.5, 0.6) is 0 Å². The predicted molar refractivity (Wildman–Crippen MR) is 47.3 cm³/mol. The van der Waals surface area contributed by atoms with Gasteiger partial charge in [-0.25, -0.2) is 0 Å². The van der Waals surface area contributed by atoms with Crippen LogP contribution in [-0.4, -0.2) is 19.6 Å². The van der Waals surface area contributed by atoms with Crippen molar-refractivity contribution in [2.75, 3.05) is 19.6 Å². The van der Waals surface area contributed by atoms with Crippen molar-refractivity contribution in [2.24, 2.45) is 0 Å². The Balaban J connectivity index is 2.08. The molecule has 0 aliphatic carbocycles. The zero-order valence-corrected chi connectivity index (χ0v) is 7.40. The molecule has 0 bridgehead atoms. The van der Waals surface area contributed by atoms with Gasteiger partial charge in [0.05, 0.1) is 6.04 Å². The summed E-state index contributed by atoms with van der Waals surface area (Å²) in [6, 6.07) is 3.95. The van der Waals surface area contributed by atoms with E-state index in [0.717, 1.165) is 25.4 Å². The van der Waals surface area contributed by atoms with Gasteiger partial charge in [0.15, 0.2) is 5.22 Å². The molecule has 12 heavy (non-hydrogen) atoms. The predicted octanol–water partition coefficient (Wildman–Crippen LogP) is 1.17. The molecule has 0 spiro atoms. The van der Waals surface area contributed by atoms with Crippen LogP contribution >= 0.6 is 11.6 Å². The minimum absolute atomic E-state index is 0.270. The van der Waals surface area contributed by atoms with Gasteiger partial charge < -0.3 is 15.1 Å². The molecule has 1 fully saturated rings. The second kappa shape index (κ2) is 3.47. The molecule has 2 N–H and O–H groups in total. The van der Waals surface area contributed by atoms with E-state index in [0.29, 0.717) is 5.22 Å². The molecule has 0 aromatic carbocycles. The van der Waals surface area contributed by atoms with Gasteiger partial charge in [-0.2, -0.15) is 0 Å². The Kier molecular flexibility index (Phi) is 2.35. The van der Waals surface area contributed by atoms with Crippen LogP contribution in [0, 0.1) is 0 Å². The molecule has 4 heteroatoms. The summed E-state index contributed by atoms with van der Waals surface area (Å²) in [5.74, 6) is 0.909. The Morgan fingerprint density at radius 2 is 2.33 bits per heavy atom. The van der Waals surface area contributed by atoms with Crippen molar-refractivity contribution >= 4 is 11.6 Å². The molecule has 0 saturated carbocycles. The third-order valence-electron chi connectivity index (χ3n) is 1.98. The minimum Gasteiger partial charge on any atom is -0.448 e. The zero-order chi connectivity index (χ0) is 8.39. The van der Waals surface area contributed by atoms with Crippen LogP contribution in [0.2, 0.25) is 5.22 Å². The van der Waals surface area contributed by atoms with E-state index in [1.165, 1.54) is 0 Å². The van der Waals surface area contributed by atoms with Gasteiger partial charge in [-0.15, -0.1) is 0 Å². The summed E-state index contributed by atoms with van der Waals surface area (Å²) in [6.07, 6.45) is 0. The monoisotopic (exact) mass is 186 g/mol. The minimum atomic E-state index is 0.270. The summed E-state index contributed by atoms with van der Waals surface area (Å²) >= 11 is 5.66. The molecule has 0 unspecified atom stereocenters. The van der Waals surface area contributed by atoms with E-state index in [1.807, 2.05) is 6.07 Å². The highest BCUT2D eigenvalue weighted by Crippen LogP contribution is 2.19. The lowest BCUT2D eigenvalue weighted by molar-refractivity contribution is 0.364. The third kappa shape index (κ3) is 1.63. The summed E-state index contributed by atoms with van der Waals surface area (Å²) in [5, 5.41) is 7.07. The molecular weight excluding hydrogens is 176 g/mol. The molecule has 1 aliphatic rings. The molecule has 1 saturated heterocycles.